The van der Waals surface area contributed by atoms with Gasteiger partial charge in [-0.25, -0.2) is 0 Å². The SMILES string of the molecule is CCC(C)NC(=O)C(C)N(Cc1ccccc1C)C(=O)Cc1ccccc1C. The van der Waals surface area contributed by atoms with Crippen LogP contribution in [0.2, 0.25) is 0 Å². The Morgan fingerprint density at radius 1 is 0.929 bits per heavy atom. The summed E-state index contributed by atoms with van der Waals surface area (Å²) in [6.45, 7) is 10.3. The number of benzene rings is 2. The highest BCUT2D eigenvalue weighted by Gasteiger charge is 2.27. The average molecular weight is 381 g/mol. The summed E-state index contributed by atoms with van der Waals surface area (Å²) in [5.41, 5.74) is 4.26. The van der Waals surface area contributed by atoms with Crippen molar-refractivity contribution in [3.63, 3.8) is 0 Å². The summed E-state index contributed by atoms with van der Waals surface area (Å²) in [6.07, 6.45) is 1.15. The molecule has 4 heteroatoms. The highest BCUT2D eigenvalue weighted by Crippen LogP contribution is 2.16. The summed E-state index contributed by atoms with van der Waals surface area (Å²) in [5, 5.41) is 3.01. The molecule has 2 unspecified atom stereocenters. The standard InChI is InChI=1S/C24H32N2O2/c1-6-19(4)25-24(28)20(5)26(16-22-14-10-8-12-18(22)3)23(27)15-21-13-9-7-11-17(21)2/h7-14,19-20H,6,15-16H2,1-5H3,(H,25,28). The summed E-state index contributed by atoms with van der Waals surface area (Å²) in [5.74, 6) is -0.148. The maximum absolute atomic E-state index is 13.2. The van der Waals surface area contributed by atoms with Crippen LogP contribution >= 0.6 is 0 Å². The second-order valence-electron chi connectivity index (χ2n) is 7.55. The van der Waals surface area contributed by atoms with Gasteiger partial charge in [-0.3, -0.25) is 9.59 Å². The highest BCUT2D eigenvalue weighted by molar-refractivity contribution is 5.88. The Kier molecular flexibility index (Phi) is 7.80. The van der Waals surface area contributed by atoms with Gasteiger partial charge in [-0.2, -0.15) is 0 Å². The van der Waals surface area contributed by atoms with E-state index in [0.29, 0.717) is 13.0 Å². The first-order chi connectivity index (χ1) is 13.3. The van der Waals surface area contributed by atoms with Crippen LogP contribution in [0.5, 0.6) is 0 Å². The quantitative estimate of drug-likeness (QED) is 0.747. The van der Waals surface area contributed by atoms with Crippen molar-refractivity contribution in [1.29, 1.82) is 0 Å². The van der Waals surface area contributed by atoms with E-state index in [-0.39, 0.29) is 17.9 Å². The molecule has 0 aromatic heterocycles. The van der Waals surface area contributed by atoms with E-state index in [1.54, 1.807) is 4.90 Å². The molecular weight excluding hydrogens is 348 g/mol. The molecule has 0 spiro atoms. The lowest BCUT2D eigenvalue weighted by molar-refractivity contribution is -0.140. The zero-order valence-electron chi connectivity index (χ0n) is 17.7. The summed E-state index contributed by atoms with van der Waals surface area (Å²) in [6, 6.07) is 15.4. The summed E-state index contributed by atoms with van der Waals surface area (Å²) < 4.78 is 0. The van der Waals surface area contributed by atoms with E-state index in [0.717, 1.165) is 28.7 Å². The van der Waals surface area contributed by atoms with Crippen LogP contribution in [0.15, 0.2) is 48.5 Å². The maximum atomic E-state index is 13.2. The van der Waals surface area contributed by atoms with Gasteiger partial charge >= 0.3 is 0 Å². The minimum Gasteiger partial charge on any atom is -0.352 e. The number of hydrogen-bond donors (Lipinski definition) is 1. The van der Waals surface area contributed by atoms with Crippen molar-refractivity contribution in [2.45, 2.75) is 66.1 Å². The first-order valence-corrected chi connectivity index (χ1v) is 10.0. The number of carbonyl (C=O) groups is 2. The van der Waals surface area contributed by atoms with Crippen LogP contribution in [-0.2, 0) is 22.6 Å². The lowest BCUT2D eigenvalue weighted by Gasteiger charge is -2.30. The van der Waals surface area contributed by atoms with Crippen LogP contribution in [0.25, 0.3) is 0 Å². The average Bonchev–Trinajstić information content (AvgIpc) is 2.68. The number of nitrogens with one attached hydrogen (secondary N) is 1. The monoisotopic (exact) mass is 380 g/mol. The topological polar surface area (TPSA) is 49.4 Å². The predicted octanol–water partition coefficient (Wildman–Crippen LogP) is 4.18. The molecule has 0 radical (unpaired) electrons. The molecule has 0 bridgehead atoms. The van der Waals surface area contributed by atoms with Crippen molar-refractivity contribution in [2.75, 3.05) is 0 Å². The van der Waals surface area contributed by atoms with Gasteiger partial charge in [-0.15, -0.1) is 0 Å². The van der Waals surface area contributed by atoms with Gasteiger partial charge in [0.15, 0.2) is 0 Å². The van der Waals surface area contributed by atoms with Crippen molar-refractivity contribution in [1.82, 2.24) is 10.2 Å². The van der Waals surface area contributed by atoms with E-state index in [2.05, 4.69) is 5.32 Å². The normalized spacial score (nSPS) is 12.9. The molecule has 4 nitrogen and oxygen atoms in total. The third-order valence-corrected chi connectivity index (χ3v) is 5.37. The van der Waals surface area contributed by atoms with Crippen molar-refractivity contribution in [2.24, 2.45) is 0 Å². The zero-order valence-corrected chi connectivity index (χ0v) is 17.7. The number of rotatable bonds is 8. The lowest BCUT2D eigenvalue weighted by Crippen LogP contribution is -2.50. The minimum atomic E-state index is -0.537. The molecule has 0 saturated heterocycles. The molecule has 0 aliphatic carbocycles. The number of hydrogen-bond acceptors (Lipinski definition) is 2. The molecule has 2 atom stereocenters. The van der Waals surface area contributed by atoms with E-state index in [4.69, 9.17) is 0 Å². The van der Waals surface area contributed by atoms with Gasteiger partial charge in [0.2, 0.25) is 11.8 Å². The molecule has 0 aliphatic rings. The van der Waals surface area contributed by atoms with Gasteiger partial charge in [-0.05, 0) is 56.4 Å². The Balaban J connectivity index is 2.26. The largest absolute Gasteiger partial charge is 0.352 e. The van der Waals surface area contributed by atoms with Crippen LogP contribution in [0.1, 0.15) is 49.4 Å². The molecule has 28 heavy (non-hydrogen) atoms. The van der Waals surface area contributed by atoms with E-state index in [9.17, 15) is 9.59 Å². The Morgan fingerprint density at radius 2 is 1.46 bits per heavy atom. The molecule has 0 aliphatic heterocycles. The number of aryl methyl sites for hydroxylation is 2. The van der Waals surface area contributed by atoms with Crippen molar-refractivity contribution >= 4 is 11.8 Å². The third-order valence-electron chi connectivity index (χ3n) is 5.37. The molecule has 2 rings (SSSR count). The summed E-state index contributed by atoms with van der Waals surface area (Å²) in [7, 11) is 0. The molecule has 2 aromatic carbocycles. The van der Waals surface area contributed by atoms with Crippen LogP contribution in [0, 0.1) is 13.8 Å². The van der Waals surface area contributed by atoms with Crippen LogP contribution < -0.4 is 5.32 Å². The first-order valence-electron chi connectivity index (χ1n) is 10.0. The fourth-order valence-electron chi connectivity index (χ4n) is 3.09. The number of nitrogens with zero attached hydrogens (tertiary/aromatic N) is 1. The Labute approximate surface area is 169 Å². The van der Waals surface area contributed by atoms with Crippen LogP contribution in [0.4, 0.5) is 0 Å². The van der Waals surface area contributed by atoms with E-state index >= 15 is 0 Å². The van der Waals surface area contributed by atoms with E-state index in [1.807, 2.05) is 83.1 Å². The van der Waals surface area contributed by atoms with Gasteiger partial charge < -0.3 is 10.2 Å². The molecule has 2 aromatic rings. The zero-order chi connectivity index (χ0) is 20.7. The molecular formula is C24H32N2O2. The lowest BCUT2D eigenvalue weighted by atomic mass is 10.0. The Bertz CT molecular complexity index is 816. The molecule has 0 fully saturated rings. The maximum Gasteiger partial charge on any atom is 0.242 e. The Morgan fingerprint density at radius 3 is 2.00 bits per heavy atom. The number of amides is 2. The second-order valence-corrected chi connectivity index (χ2v) is 7.55. The summed E-state index contributed by atoms with van der Waals surface area (Å²) >= 11 is 0. The highest BCUT2D eigenvalue weighted by atomic mass is 16.2. The molecule has 1 N–H and O–H groups in total. The van der Waals surface area contributed by atoms with Crippen LogP contribution in [-0.4, -0.2) is 28.8 Å². The summed E-state index contributed by atoms with van der Waals surface area (Å²) in [4.78, 5) is 27.7. The predicted molar refractivity (Wildman–Crippen MR) is 114 cm³/mol. The van der Waals surface area contributed by atoms with Gasteiger partial charge in [0, 0.05) is 12.6 Å². The minimum absolute atomic E-state index is 0.0376. The Hall–Kier alpha value is -2.62. The van der Waals surface area contributed by atoms with Gasteiger partial charge in [0.05, 0.1) is 6.42 Å². The van der Waals surface area contributed by atoms with Crippen molar-refractivity contribution in [3.8, 4) is 0 Å². The number of carbonyl (C=O) groups excluding carboxylic acids is 2. The second kappa shape index (κ2) is 10.1. The molecule has 150 valence electrons. The third kappa shape index (κ3) is 5.69. The van der Waals surface area contributed by atoms with E-state index in [1.165, 1.54) is 0 Å². The van der Waals surface area contributed by atoms with Gasteiger partial charge in [0.1, 0.15) is 6.04 Å². The van der Waals surface area contributed by atoms with Crippen LogP contribution in [0.3, 0.4) is 0 Å². The van der Waals surface area contributed by atoms with Crippen molar-refractivity contribution < 1.29 is 9.59 Å². The fraction of sp³-hybridized carbons (Fsp3) is 0.417. The molecule has 0 saturated carbocycles. The molecule has 2 amide bonds. The van der Waals surface area contributed by atoms with Gasteiger partial charge in [0.25, 0.3) is 0 Å². The van der Waals surface area contributed by atoms with E-state index < -0.39 is 6.04 Å². The molecule has 0 heterocycles. The first kappa shape index (κ1) is 21.7. The van der Waals surface area contributed by atoms with Gasteiger partial charge in [-0.1, -0.05) is 55.5 Å². The fourth-order valence-corrected chi connectivity index (χ4v) is 3.09. The van der Waals surface area contributed by atoms with Crippen molar-refractivity contribution in [3.05, 3.63) is 70.8 Å². The smallest absolute Gasteiger partial charge is 0.242 e.